The average molecular weight is 256 g/mol. The minimum absolute atomic E-state index is 0.133. The zero-order valence-electron chi connectivity index (χ0n) is 10.5. The van der Waals surface area contributed by atoms with Gasteiger partial charge in [-0.2, -0.15) is 5.10 Å². The van der Waals surface area contributed by atoms with Gasteiger partial charge in [0, 0.05) is 12.7 Å². The van der Waals surface area contributed by atoms with E-state index in [2.05, 4.69) is 15.5 Å². The molecule has 0 aliphatic heterocycles. The van der Waals surface area contributed by atoms with Crippen molar-refractivity contribution in [1.82, 2.24) is 10.2 Å². The molecular formula is C14H16N4O. The molecule has 0 aliphatic rings. The Bertz CT molecular complexity index is 515. The van der Waals surface area contributed by atoms with Gasteiger partial charge in [-0.1, -0.05) is 30.3 Å². The number of nitrogens with one attached hydrogen (secondary N) is 1. The van der Waals surface area contributed by atoms with Crippen LogP contribution in [0.25, 0.3) is 0 Å². The number of amides is 1. The van der Waals surface area contributed by atoms with Gasteiger partial charge in [-0.05, 0) is 24.1 Å². The molecule has 0 saturated carbocycles. The van der Waals surface area contributed by atoms with Crippen LogP contribution in [0, 0.1) is 5.92 Å². The highest BCUT2D eigenvalue weighted by Crippen LogP contribution is 2.10. The number of benzene rings is 1. The summed E-state index contributed by atoms with van der Waals surface area (Å²) < 4.78 is 0. The van der Waals surface area contributed by atoms with Gasteiger partial charge in [0.25, 0.3) is 0 Å². The summed E-state index contributed by atoms with van der Waals surface area (Å²) in [6, 6.07) is 13.2. The fourth-order valence-electron chi connectivity index (χ4n) is 1.78. The molecular weight excluding hydrogens is 240 g/mol. The molecule has 5 nitrogen and oxygen atoms in total. The summed E-state index contributed by atoms with van der Waals surface area (Å²) in [5.74, 6) is 0.0373. The summed E-state index contributed by atoms with van der Waals surface area (Å²) in [7, 11) is 0. The third-order valence-electron chi connectivity index (χ3n) is 2.80. The predicted molar refractivity (Wildman–Crippen MR) is 73.4 cm³/mol. The molecule has 1 heterocycles. The van der Waals surface area contributed by atoms with Crippen molar-refractivity contribution in [3.63, 3.8) is 0 Å². The number of nitrogens with two attached hydrogens (primary N) is 1. The van der Waals surface area contributed by atoms with E-state index < -0.39 is 0 Å². The van der Waals surface area contributed by atoms with Crippen LogP contribution in [-0.2, 0) is 11.2 Å². The fourth-order valence-corrected chi connectivity index (χ4v) is 1.78. The molecule has 5 heteroatoms. The van der Waals surface area contributed by atoms with Crippen molar-refractivity contribution < 1.29 is 4.79 Å². The highest BCUT2D eigenvalue weighted by Gasteiger charge is 2.17. The van der Waals surface area contributed by atoms with Gasteiger partial charge >= 0.3 is 0 Å². The van der Waals surface area contributed by atoms with Crippen LogP contribution in [0.1, 0.15) is 5.56 Å². The lowest BCUT2D eigenvalue weighted by Crippen LogP contribution is -2.31. The van der Waals surface area contributed by atoms with Crippen LogP contribution in [0.2, 0.25) is 0 Å². The Kier molecular flexibility index (Phi) is 4.58. The maximum Gasteiger partial charge on any atom is 0.230 e. The van der Waals surface area contributed by atoms with E-state index in [1.807, 2.05) is 30.3 Å². The number of aromatic nitrogens is 2. The number of anilines is 1. The van der Waals surface area contributed by atoms with E-state index in [0.29, 0.717) is 18.8 Å². The molecule has 0 radical (unpaired) electrons. The van der Waals surface area contributed by atoms with Crippen LogP contribution in [0.5, 0.6) is 0 Å². The summed E-state index contributed by atoms with van der Waals surface area (Å²) in [4.78, 5) is 12.1. The zero-order chi connectivity index (χ0) is 13.5. The van der Waals surface area contributed by atoms with Crippen LogP contribution in [0.15, 0.2) is 48.7 Å². The molecule has 19 heavy (non-hydrogen) atoms. The molecule has 0 spiro atoms. The van der Waals surface area contributed by atoms with Crippen molar-refractivity contribution in [3.05, 3.63) is 54.2 Å². The maximum atomic E-state index is 12.1. The Balaban J connectivity index is 2.00. The van der Waals surface area contributed by atoms with Crippen molar-refractivity contribution >= 4 is 11.7 Å². The first-order valence-electron chi connectivity index (χ1n) is 6.12. The number of carbonyl (C=O) groups excluding carboxylic acids is 1. The minimum Gasteiger partial charge on any atom is -0.330 e. The maximum absolute atomic E-state index is 12.1. The lowest BCUT2D eigenvalue weighted by Gasteiger charge is -2.14. The highest BCUT2D eigenvalue weighted by atomic mass is 16.2. The SMILES string of the molecule is NCC(Cc1ccccc1)C(=O)Nc1cccnn1. The average Bonchev–Trinajstić information content (AvgIpc) is 2.47. The van der Waals surface area contributed by atoms with E-state index in [0.717, 1.165) is 5.56 Å². The molecule has 1 unspecified atom stereocenters. The Morgan fingerprint density at radius 3 is 2.63 bits per heavy atom. The van der Waals surface area contributed by atoms with Crippen LogP contribution in [0.3, 0.4) is 0 Å². The second-order valence-corrected chi connectivity index (χ2v) is 4.22. The highest BCUT2D eigenvalue weighted by molar-refractivity contribution is 5.91. The molecule has 3 N–H and O–H groups in total. The van der Waals surface area contributed by atoms with Gasteiger partial charge in [-0.25, -0.2) is 0 Å². The molecule has 0 fully saturated rings. The van der Waals surface area contributed by atoms with Crippen LogP contribution < -0.4 is 11.1 Å². The Morgan fingerprint density at radius 2 is 2.00 bits per heavy atom. The van der Waals surface area contributed by atoms with Crippen molar-refractivity contribution in [2.24, 2.45) is 11.7 Å². The van der Waals surface area contributed by atoms with Crippen molar-refractivity contribution in [2.45, 2.75) is 6.42 Å². The van der Waals surface area contributed by atoms with Crippen LogP contribution in [-0.4, -0.2) is 22.6 Å². The first-order chi connectivity index (χ1) is 9.29. The molecule has 1 amide bonds. The standard InChI is InChI=1S/C14H16N4O/c15-10-12(9-11-5-2-1-3-6-11)14(19)17-13-7-4-8-16-18-13/h1-8,12H,9-10,15H2,(H,17,18,19). The minimum atomic E-state index is -0.274. The number of carbonyl (C=O) groups is 1. The number of nitrogens with zero attached hydrogens (tertiary/aromatic N) is 2. The molecule has 1 aromatic heterocycles. The van der Waals surface area contributed by atoms with E-state index in [-0.39, 0.29) is 11.8 Å². The Labute approximate surface area is 111 Å². The molecule has 98 valence electrons. The van der Waals surface area contributed by atoms with Gasteiger partial charge in [0.05, 0.1) is 5.92 Å². The summed E-state index contributed by atoms with van der Waals surface area (Å²) in [5.41, 5.74) is 6.77. The van der Waals surface area contributed by atoms with Gasteiger partial charge < -0.3 is 11.1 Å². The molecule has 0 saturated heterocycles. The number of rotatable bonds is 5. The second kappa shape index (κ2) is 6.61. The normalized spacial score (nSPS) is 11.8. The summed E-state index contributed by atoms with van der Waals surface area (Å²) >= 11 is 0. The van der Waals surface area contributed by atoms with E-state index in [9.17, 15) is 4.79 Å². The fraction of sp³-hybridized carbons (Fsp3) is 0.214. The van der Waals surface area contributed by atoms with E-state index >= 15 is 0 Å². The van der Waals surface area contributed by atoms with Gasteiger partial charge in [-0.3, -0.25) is 4.79 Å². The van der Waals surface area contributed by atoms with E-state index in [4.69, 9.17) is 5.73 Å². The number of hydrogen-bond acceptors (Lipinski definition) is 4. The van der Waals surface area contributed by atoms with Crippen molar-refractivity contribution in [1.29, 1.82) is 0 Å². The second-order valence-electron chi connectivity index (χ2n) is 4.22. The van der Waals surface area contributed by atoms with Crippen LogP contribution in [0.4, 0.5) is 5.82 Å². The third-order valence-corrected chi connectivity index (χ3v) is 2.80. The monoisotopic (exact) mass is 256 g/mol. The van der Waals surface area contributed by atoms with E-state index in [1.54, 1.807) is 18.3 Å². The first-order valence-corrected chi connectivity index (χ1v) is 6.12. The largest absolute Gasteiger partial charge is 0.330 e. The zero-order valence-corrected chi connectivity index (χ0v) is 10.5. The van der Waals surface area contributed by atoms with Crippen molar-refractivity contribution in [2.75, 3.05) is 11.9 Å². The molecule has 0 bridgehead atoms. The molecule has 2 aromatic rings. The quantitative estimate of drug-likeness (QED) is 0.843. The predicted octanol–water partition coefficient (Wildman–Crippen LogP) is 1.23. The Morgan fingerprint density at radius 1 is 1.21 bits per heavy atom. The summed E-state index contributed by atoms with van der Waals surface area (Å²) in [6.07, 6.45) is 2.17. The summed E-state index contributed by atoms with van der Waals surface area (Å²) in [5, 5.41) is 10.3. The van der Waals surface area contributed by atoms with Gasteiger partial charge in [0.2, 0.25) is 5.91 Å². The third kappa shape index (κ3) is 3.86. The van der Waals surface area contributed by atoms with Crippen LogP contribution >= 0.6 is 0 Å². The molecule has 1 atom stereocenters. The molecule has 0 aliphatic carbocycles. The topological polar surface area (TPSA) is 80.9 Å². The molecule has 2 rings (SSSR count). The number of hydrogen-bond donors (Lipinski definition) is 2. The van der Waals surface area contributed by atoms with Gasteiger partial charge in [0.15, 0.2) is 5.82 Å². The lowest BCUT2D eigenvalue weighted by atomic mass is 9.98. The Hall–Kier alpha value is -2.27. The summed E-state index contributed by atoms with van der Waals surface area (Å²) in [6.45, 7) is 0.293. The van der Waals surface area contributed by atoms with Crippen molar-refractivity contribution in [3.8, 4) is 0 Å². The molecule has 1 aromatic carbocycles. The van der Waals surface area contributed by atoms with E-state index in [1.165, 1.54) is 0 Å². The smallest absolute Gasteiger partial charge is 0.230 e. The first kappa shape index (κ1) is 13.2. The van der Waals surface area contributed by atoms with Gasteiger partial charge in [-0.15, -0.1) is 5.10 Å². The van der Waals surface area contributed by atoms with Gasteiger partial charge in [0.1, 0.15) is 0 Å². The lowest BCUT2D eigenvalue weighted by molar-refractivity contribution is -0.119.